The van der Waals surface area contributed by atoms with Gasteiger partial charge < -0.3 is 19.1 Å². The third-order valence-corrected chi connectivity index (χ3v) is 5.66. The maximum Gasteiger partial charge on any atom is 0.258 e. The predicted molar refractivity (Wildman–Crippen MR) is 119 cm³/mol. The molecule has 9 nitrogen and oxygen atoms in total. The Balaban J connectivity index is 1.29. The van der Waals surface area contributed by atoms with Gasteiger partial charge in [0.1, 0.15) is 18.2 Å². The van der Waals surface area contributed by atoms with Gasteiger partial charge in [-0.1, -0.05) is 17.3 Å². The lowest BCUT2D eigenvalue weighted by atomic mass is 10.1. The topological polar surface area (TPSA) is 116 Å². The van der Waals surface area contributed by atoms with E-state index in [4.69, 9.17) is 19.1 Å². The number of pyridine rings is 1. The smallest absolute Gasteiger partial charge is 0.258 e. The van der Waals surface area contributed by atoms with Crippen LogP contribution in [0.25, 0.3) is 22.6 Å². The van der Waals surface area contributed by atoms with Gasteiger partial charge >= 0.3 is 0 Å². The molecule has 5 rings (SSSR count). The molecule has 1 aliphatic carbocycles. The Kier molecular flexibility index (Phi) is 5.70. The minimum Gasteiger partial charge on any atom is -0.495 e. The molecule has 1 N–H and O–H groups in total. The second-order valence-electron chi connectivity index (χ2n) is 7.92. The van der Waals surface area contributed by atoms with Gasteiger partial charge in [-0.15, -0.1) is 0 Å². The lowest BCUT2D eigenvalue weighted by Crippen LogP contribution is -2.05. The van der Waals surface area contributed by atoms with Crippen molar-refractivity contribution < 1.29 is 19.1 Å². The Bertz CT molecular complexity index is 1240. The number of hydrogen-bond donors (Lipinski definition) is 1. The molecule has 168 valence electrons. The van der Waals surface area contributed by atoms with E-state index in [1.807, 2.05) is 43.3 Å². The van der Waals surface area contributed by atoms with E-state index in [0.717, 1.165) is 34.6 Å². The molecule has 0 spiro atoms. The monoisotopic (exact) mass is 445 g/mol. The van der Waals surface area contributed by atoms with Crippen LogP contribution in [-0.4, -0.2) is 43.9 Å². The fourth-order valence-electron chi connectivity index (χ4n) is 3.70. The third-order valence-electron chi connectivity index (χ3n) is 5.66. The highest BCUT2D eigenvalue weighted by atomic mass is 16.5. The lowest BCUT2D eigenvalue weighted by molar-refractivity contribution is 0.264. The molecular formula is C24H23N5O4. The molecule has 0 amide bonds. The number of aliphatic hydroxyl groups is 1. The Labute approximate surface area is 190 Å². The summed E-state index contributed by atoms with van der Waals surface area (Å²) in [4.78, 5) is 17.5. The number of nitrogens with zero attached hydrogens (tertiary/aromatic N) is 5. The SMILES string of the molecule is COc1ccc([C@H]2C[C@@H]2COc2nc(C)ncc2-c2ccc(-c3nc(CO)no3)cc2)nc1. The lowest BCUT2D eigenvalue weighted by Gasteiger charge is -2.11. The number of rotatable bonds is 8. The van der Waals surface area contributed by atoms with Crippen LogP contribution in [0.15, 0.2) is 53.3 Å². The van der Waals surface area contributed by atoms with Crippen LogP contribution in [-0.2, 0) is 6.61 Å². The molecule has 0 aliphatic heterocycles. The van der Waals surface area contributed by atoms with Gasteiger partial charge in [0, 0.05) is 29.3 Å². The van der Waals surface area contributed by atoms with Crippen molar-refractivity contribution in [3.8, 4) is 34.2 Å². The Hall–Kier alpha value is -3.85. The maximum atomic E-state index is 9.12. The number of benzene rings is 1. The summed E-state index contributed by atoms with van der Waals surface area (Å²) in [5.74, 6) is 3.36. The zero-order valence-electron chi connectivity index (χ0n) is 18.3. The van der Waals surface area contributed by atoms with E-state index in [2.05, 4.69) is 25.1 Å². The Morgan fingerprint density at radius 2 is 1.85 bits per heavy atom. The van der Waals surface area contributed by atoms with Crippen LogP contribution in [0.5, 0.6) is 11.6 Å². The number of aliphatic hydroxyl groups excluding tert-OH is 1. The van der Waals surface area contributed by atoms with Crippen molar-refractivity contribution in [2.45, 2.75) is 25.9 Å². The van der Waals surface area contributed by atoms with Crippen molar-refractivity contribution in [2.24, 2.45) is 5.92 Å². The molecule has 0 unspecified atom stereocenters. The molecule has 4 aromatic rings. The van der Waals surface area contributed by atoms with E-state index in [1.54, 1.807) is 19.5 Å². The molecule has 0 saturated heterocycles. The summed E-state index contributed by atoms with van der Waals surface area (Å²) < 4.78 is 16.5. The second kappa shape index (κ2) is 8.95. The number of aromatic nitrogens is 5. The van der Waals surface area contributed by atoms with Crippen molar-refractivity contribution in [3.05, 3.63) is 66.1 Å². The summed E-state index contributed by atoms with van der Waals surface area (Å²) >= 11 is 0. The van der Waals surface area contributed by atoms with Crippen molar-refractivity contribution in [1.29, 1.82) is 0 Å². The summed E-state index contributed by atoms with van der Waals surface area (Å²) in [5, 5.41) is 12.8. The maximum absolute atomic E-state index is 9.12. The van der Waals surface area contributed by atoms with Crippen molar-refractivity contribution in [2.75, 3.05) is 13.7 Å². The molecule has 3 heterocycles. The molecule has 1 aromatic carbocycles. The standard InChI is InChI=1S/C24H23N5O4/c1-14-25-11-20(15-3-5-16(6-4-15)23-28-22(12-30)29-33-23)24(27-14)32-13-17-9-19(17)21-8-7-18(31-2)10-26-21/h3-8,10-11,17,19,30H,9,12-13H2,1-2H3/t17-,19+/m1/s1. The van der Waals surface area contributed by atoms with E-state index in [1.165, 1.54) is 0 Å². The minimum absolute atomic E-state index is 0.250. The number of aryl methyl sites for hydroxylation is 1. The highest BCUT2D eigenvalue weighted by Gasteiger charge is 2.40. The van der Waals surface area contributed by atoms with Crippen LogP contribution in [0.3, 0.4) is 0 Å². The van der Waals surface area contributed by atoms with E-state index in [0.29, 0.717) is 36.0 Å². The molecule has 33 heavy (non-hydrogen) atoms. The van der Waals surface area contributed by atoms with Crippen molar-refractivity contribution >= 4 is 0 Å². The molecule has 1 fully saturated rings. The van der Waals surface area contributed by atoms with Crippen LogP contribution in [0.2, 0.25) is 0 Å². The molecule has 1 saturated carbocycles. The second-order valence-corrected chi connectivity index (χ2v) is 7.92. The molecule has 0 radical (unpaired) electrons. The first-order valence-electron chi connectivity index (χ1n) is 10.6. The van der Waals surface area contributed by atoms with Crippen molar-refractivity contribution in [3.63, 3.8) is 0 Å². The van der Waals surface area contributed by atoms with Crippen LogP contribution >= 0.6 is 0 Å². The largest absolute Gasteiger partial charge is 0.495 e. The zero-order chi connectivity index (χ0) is 22.8. The van der Waals surface area contributed by atoms with Gasteiger partial charge in [-0.2, -0.15) is 9.97 Å². The summed E-state index contributed by atoms with van der Waals surface area (Å²) in [6, 6.07) is 11.6. The normalized spacial score (nSPS) is 17.1. The first-order valence-corrected chi connectivity index (χ1v) is 10.6. The summed E-state index contributed by atoms with van der Waals surface area (Å²) in [5.41, 5.74) is 3.55. The average molecular weight is 445 g/mol. The zero-order valence-corrected chi connectivity index (χ0v) is 18.3. The first kappa shape index (κ1) is 21.0. The molecule has 9 heteroatoms. The first-order chi connectivity index (χ1) is 16.1. The highest BCUT2D eigenvalue weighted by molar-refractivity contribution is 5.70. The van der Waals surface area contributed by atoms with E-state index >= 15 is 0 Å². The quantitative estimate of drug-likeness (QED) is 0.434. The molecule has 2 atom stereocenters. The Morgan fingerprint density at radius 3 is 2.55 bits per heavy atom. The van der Waals surface area contributed by atoms with E-state index in [-0.39, 0.29) is 12.4 Å². The summed E-state index contributed by atoms with van der Waals surface area (Å²) in [6.07, 6.45) is 4.56. The molecular weight excluding hydrogens is 422 g/mol. The van der Waals surface area contributed by atoms with Crippen LogP contribution in [0.1, 0.15) is 29.7 Å². The molecule has 3 aromatic heterocycles. The van der Waals surface area contributed by atoms with Gasteiger partial charge in [0.2, 0.25) is 5.88 Å². The van der Waals surface area contributed by atoms with Gasteiger partial charge in [-0.3, -0.25) is 4.98 Å². The third kappa shape index (κ3) is 4.54. The van der Waals surface area contributed by atoms with E-state index < -0.39 is 0 Å². The fourth-order valence-corrected chi connectivity index (χ4v) is 3.70. The Morgan fingerprint density at radius 1 is 1.03 bits per heavy atom. The molecule has 1 aliphatic rings. The summed E-state index contributed by atoms with van der Waals surface area (Å²) in [6.45, 7) is 2.14. The van der Waals surface area contributed by atoms with Crippen LogP contribution in [0.4, 0.5) is 0 Å². The minimum atomic E-state index is -0.265. The fraction of sp³-hybridized carbons (Fsp3) is 0.292. The average Bonchev–Trinajstić information content (AvgIpc) is 3.48. The number of ether oxygens (including phenoxy) is 2. The highest BCUT2D eigenvalue weighted by Crippen LogP contribution is 2.47. The number of methoxy groups -OCH3 is 1. The van der Waals surface area contributed by atoms with Crippen LogP contribution in [0, 0.1) is 12.8 Å². The van der Waals surface area contributed by atoms with Gasteiger partial charge in [0.15, 0.2) is 5.82 Å². The van der Waals surface area contributed by atoms with Gasteiger partial charge in [-0.25, -0.2) is 4.98 Å². The van der Waals surface area contributed by atoms with Crippen molar-refractivity contribution in [1.82, 2.24) is 25.1 Å². The van der Waals surface area contributed by atoms with Gasteiger partial charge in [0.05, 0.1) is 25.5 Å². The molecule has 0 bridgehead atoms. The summed E-state index contributed by atoms with van der Waals surface area (Å²) in [7, 11) is 1.64. The number of hydrogen-bond acceptors (Lipinski definition) is 9. The predicted octanol–water partition coefficient (Wildman–Crippen LogP) is 3.58. The van der Waals surface area contributed by atoms with E-state index in [9.17, 15) is 0 Å². The van der Waals surface area contributed by atoms with Gasteiger partial charge in [0.25, 0.3) is 5.89 Å². The van der Waals surface area contributed by atoms with Crippen LogP contribution < -0.4 is 9.47 Å². The van der Waals surface area contributed by atoms with Gasteiger partial charge in [-0.05, 0) is 43.2 Å².